The van der Waals surface area contributed by atoms with E-state index in [2.05, 4.69) is 10.1 Å². The minimum Gasteiger partial charge on any atom is -0.472 e. The number of likely N-dealkylation sites (tertiary alicyclic amines) is 1. The maximum Gasteiger partial charge on any atom is 0.257 e. The Morgan fingerprint density at radius 2 is 2.17 bits per heavy atom. The first kappa shape index (κ1) is 15.4. The van der Waals surface area contributed by atoms with Crippen LogP contribution >= 0.6 is 0 Å². The number of carbonyl (C=O) groups excluding carboxylic acids is 1. The van der Waals surface area contributed by atoms with Crippen molar-refractivity contribution in [3.8, 4) is 0 Å². The van der Waals surface area contributed by atoms with Crippen molar-refractivity contribution in [2.75, 3.05) is 26.3 Å². The molecule has 0 bridgehead atoms. The highest BCUT2D eigenvalue weighted by molar-refractivity contribution is 5.93. The maximum atomic E-state index is 12.3. The molecule has 0 aromatic carbocycles. The van der Waals surface area contributed by atoms with E-state index in [4.69, 9.17) is 13.7 Å². The number of hydrogen-bond donors (Lipinski definition) is 0. The summed E-state index contributed by atoms with van der Waals surface area (Å²) in [5.41, 5.74) is 0.608. The van der Waals surface area contributed by atoms with E-state index in [0.29, 0.717) is 17.4 Å². The fraction of sp³-hybridized carbons (Fsp3) is 0.588. The van der Waals surface area contributed by atoms with Gasteiger partial charge in [-0.25, -0.2) is 0 Å². The third-order valence-corrected chi connectivity index (χ3v) is 4.87. The number of aromatic nitrogens is 2. The molecule has 2 aromatic rings. The lowest BCUT2D eigenvalue weighted by Crippen LogP contribution is -2.28. The van der Waals surface area contributed by atoms with E-state index in [9.17, 15) is 4.79 Å². The molecule has 2 aliphatic heterocycles. The van der Waals surface area contributed by atoms with Crippen LogP contribution in [0.15, 0.2) is 27.5 Å². The van der Waals surface area contributed by atoms with Gasteiger partial charge >= 0.3 is 0 Å². The average Bonchev–Trinajstić information content (AvgIpc) is 3.37. The van der Waals surface area contributed by atoms with Crippen LogP contribution in [0.3, 0.4) is 0 Å². The number of amides is 1. The zero-order valence-electron chi connectivity index (χ0n) is 13.5. The molecule has 1 amide bonds. The average molecular weight is 331 g/mol. The van der Waals surface area contributed by atoms with Crippen LogP contribution in [0.1, 0.15) is 47.3 Å². The molecule has 0 saturated carbocycles. The molecule has 1 atom stereocenters. The fourth-order valence-electron chi connectivity index (χ4n) is 3.47. The highest BCUT2D eigenvalue weighted by atomic mass is 16.5. The van der Waals surface area contributed by atoms with Gasteiger partial charge < -0.3 is 18.6 Å². The Morgan fingerprint density at radius 3 is 2.96 bits per heavy atom. The van der Waals surface area contributed by atoms with Crippen molar-refractivity contribution in [3.05, 3.63) is 35.9 Å². The summed E-state index contributed by atoms with van der Waals surface area (Å²) in [6.07, 6.45) is 6.62. The monoisotopic (exact) mass is 331 g/mol. The lowest BCUT2D eigenvalue weighted by Gasteiger charge is -2.18. The first-order valence-corrected chi connectivity index (χ1v) is 8.51. The first-order chi connectivity index (χ1) is 11.8. The first-order valence-electron chi connectivity index (χ1n) is 8.51. The predicted molar refractivity (Wildman–Crippen MR) is 83.5 cm³/mol. The van der Waals surface area contributed by atoms with E-state index >= 15 is 0 Å². The van der Waals surface area contributed by atoms with E-state index in [1.165, 1.54) is 12.5 Å². The van der Waals surface area contributed by atoms with Gasteiger partial charge in [-0.15, -0.1) is 0 Å². The van der Waals surface area contributed by atoms with Crippen LogP contribution in [0.25, 0.3) is 0 Å². The van der Waals surface area contributed by atoms with Gasteiger partial charge in [0.05, 0.1) is 11.8 Å². The second-order valence-corrected chi connectivity index (χ2v) is 6.56. The highest BCUT2D eigenvalue weighted by Gasteiger charge is 2.29. The van der Waals surface area contributed by atoms with Crippen molar-refractivity contribution >= 4 is 5.91 Å². The zero-order valence-corrected chi connectivity index (χ0v) is 13.5. The smallest absolute Gasteiger partial charge is 0.257 e. The largest absolute Gasteiger partial charge is 0.472 e. The van der Waals surface area contributed by atoms with Crippen LogP contribution in [-0.2, 0) is 11.2 Å². The van der Waals surface area contributed by atoms with Crippen molar-refractivity contribution < 1.29 is 18.5 Å². The Bertz CT molecular complexity index is 676. The Kier molecular flexibility index (Phi) is 4.34. The van der Waals surface area contributed by atoms with Gasteiger partial charge in [0.25, 0.3) is 5.91 Å². The highest BCUT2D eigenvalue weighted by Crippen LogP contribution is 2.27. The van der Waals surface area contributed by atoms with Crippen LogP contribution < -0.4 is 0 Å². The van der Waals surface area contributed by atoms with Crippen LogP contribution in [-0.4, -0.2) is 47.3 Å². The van der Waals surface area contributed by atoms with Gasteiger partial charge in [-0.3, -0.25) is 4.79 Å². The Morgan fingerprint density at radius 1 is 1.29 bits per heavy atom. The fourth-order valence-corrected chi connectivity index (χ4v) is 3.47. The number of hydrogen-bond acceptors (Lipinski definition) is 6. The molecule has 0 aliphatic carbocycles. The molecule has 24 heavy (non-hydrogen) atoms. The molecule has 2 fully saturated rings. The molecule has 2 aliphatic rings. The molecule has 128 valence electrons. The maximum absolute atomic E-state index is 12.3. The molecule has 0 radical (unpaired) electrons. The van der Waals surface area contributed by atoms with E-state index in [1.807, 2.05) is 4.90 Å². The molecule has 0 spiro atoms. The van der Waals surface area contributed by atoms with Gasteiger partial charge in [-0.2, -0.15) is 4.98 Å². The normalized spacial score (nSPS) is 22.2. The number of nitrogens with zero attached hydrogens (tertiary/aromatic N) is 3. The van der Waals surface area contributed by atoms with Gasteiger partial charge in [0.1, 0.15) is 6.26 Å². The van der Waals surface area contributed by atoms with E-state index in [0.717, 1.165) is 63.7 Å². The summed E-state index contributed by atoms with van der Waals surface area (Å²) in [7, 11) is 0. The number of rotatable bonds is 4. The van der Waals surface area contributed by atoms with Gasteiger partial charge in [-0.1, -0.05) is 5.16 Å². The molecule has 7 heteroatoms. The minimum absolute atomic E-state index is 0.0299. The summed E-state index contributed by atoms with van der Waals surface area (Å²) < 4.78 is 15.8. The van der Waals surface area contributed by atoms with Crippen LogP contribution in [0.4, 0.5) is 0 Å². The molecular formula is C17H21N3O4. The van der Waals surface area contributed by atoms with Crippen molar-refractivity contribution in [3.63, 3.8) is 0 Å². The van der Waals surface area contributed by atoms with Gasteiger partial charge in [-0.05, 0) is 31.2 Å². The van der Waals surface area contributed by atoms with Gasteiger partial charge in [0, 0.05) is 38.6 Å². The van der Waals surface area contributed by atoms with E-state index in [1.54, 1.807) is 6.07 Å². The summed E-state index contributed by atoms with van der Waals surface area (Å²) in [4.78, 5) is 18.8. The Balaban J connectivity index is 1.33. The molecule has 4 heterocycles. The van der Waals surface area contributed by atoms with E-state index < -0.39 is 0 Å². The predicted octanol–water partition coefficient (Wildman–Crippen LogP) is 2.26. The molecule has 4 rings (SSSR count). The molecule has 7 nitrogen and oxygen atoms in total. The molecule has 2 aromatic heterocycles. The topological polar surface area (TPSA) is 81.6 Å². The third-order valence-electron chi connectivity index (χ3n) is 4.87. The van der Waals surface area contributed by atoms with Crippen molar-refractivity contribution in [1.29, 1.82) is 0 Å². The van der Waals surface area contributed by atoms with Gasteiger partial charge in [0.2, 0.25) is 5.89 Å². The Hall–Kier alpha value is -2.15. The number of furan rings is 1. The van der Waals surface area contributed by atoms with Crippen LogP contribution in [0.5, 0.6) is 0 Å². The van der Waals surface area contributed by atoms with Crippen molar-refractivity contribution in [2.24, 2.45) is 5.92 Å². The molecule has 2 saturated heterocycles. The molecule has 1 unspecified atom stereocenters. The van der Waals surface area contributed by atoms with Crippen molar-refractivity contribution in [2.45, 2.75) is 31.6 Å². The summed E-state index contributed by atoms with van der Waals surface area (Å²) >= 11 is 0. The number of carbonyl (C=O) groups is 1. The van der Waals surface area contributed by atoms with Gasteiger partial charge in [0.15, 0.2) is 5.82 Å². The van der Waals surface area contributed by atoms with Crippen LogP contribution in [0, 0.1) is 5.92 Å². The molecular weight excluding hydrogens is 310 g/mol. The molecule has 0 N–H and O–H groups in total. The summed E-state index contributed by atoms with van der Waals surface area (Å²) in [5, 5.41) is 4.13. The lowest BCUT2D eigenvalue weighted by atomic mass is 10.0. The summed E-state index contributed by atoms with van der Waals surface area (Å²) in [5.74, 6) is 2.21. The van der Waals surface area contributed by atoms with E-state index in [-0.39, 0.29) is 5.91 Å². The summed E-state index contributed by atoms with van der Waals surface area (Å²) in [6.45, 7) is 3.01. The second-order valence-electron chi connectivity index (χ2n) is 6.56. The second kappa shape index (κ2) is 6.76. The standard InChI is InChI=1S/C17H21N3O4/c21-17(14-4-8-23-11-14)20-5-1-12(10-20)9-15-18-16(24-19-15)13-2-6-22-7-3-13/h4,8,11-13H,1-3,5-7,9-10H2. The van der Waals surface area contributed by atoms with Crippen LogP contribution in [0.2, 0.25) is 0 Å². The quantitative estimate of drug-likeness (QED) is 0.855. The third kappa shape index (κ3) is 3.21. The minimum atomic E-state index is 0.0299. The lowest BCUT2D eigenvalue weighted by molar-refractivity contribution is 0.0778. The Labute approximate surface area is 140 Å². The summed E-state index contributed by atoms with van der Waals surface area (Å²) in [6, 6.07) is 1.70. The SMILES string of the molecule is O=C(c1ccoc1)N1CCC(Cc2noc(C3CCOCC3)n2)C1. The van der Waals surface area contributed by atoms with Crippen molar-refractivity contribution in [1.82, 2.24) is 15.0 Å². The number of ether oxygens (including phenoxy) is 1. The zero-order chi connectivity index (χ0) is 16.4.